The van der Waals surface area contributed by atoms with Crippen LogP contribution in [0.1, 0.15) is 39.8 Å². The summed E-state index contributed by atoms with van der Waals surface area (Å²) in [6.45, 7) is 7.53. The smallest absolute Gasteiger partial charge is 0.335 e. The van der Waals surface area contributed by atoms with Gasteiger partial charge in [0.2, 0.25) is 5.91 Å². The summed E-state index contributed by atoms with van der Waals surface area (Å²) in [6, 6.07) is 4.80. The normalized spacial score (nSPS) is 12.0. The number of carboxylic acid groups (broad SMARTS) is 1. The van der Waals surface area contributed by atoms with Gasteiger partial charge in [0, 0.05) is 24.3 Å². The van der Waals surface area contributed by atoms with Gasteiger partial charge in [-0.1, -0.05) is 6.92 Å². The number of nitrogens with zero attached hydrogens (tertiary/aromatic N) is 2. The number of aromatic carboxylic acids is 1. The quantitative estimate of drug-likeness (QED) is 0.883. The summed E-state index contributed by atoms with van der Waals surface area (Å²) >= 11 is 0. The lowest BCUT2D eigenvalue weighted by Crippen LogP contribution is -2.22. The Morgan fingerprint density at radius 3 is 2.46 bits per heavy atom. The molecule has 0 bridgehead atoms. The van der Waals surface area contributed by atoms with E-state index in [0.29, 0.717) is 17.7 Å². The van der Waals surface area contributed by atoms with E-state index in [1.165, 1.54) is 6.07 Å². The van der Waals surface area contributed by atoms with Crippen molar-refractivity contribution in [2.45, 2.75) is 34.1 Å². The Bertz CT molecular complexity index is 793. The van der Waals surface area contributed by atoms with Crippen molar-refractivity contribution in [2.75, 3.05) is 5.32 Å². The summed E-state index contributed by atoms with van der Waals surface area (Å²) in [7, 11) is 1.89. The van der Waals surface area contributed by atoms with Gasteiger partial charge >= 0.3 is 5.97 Å². The van der Waals surface area contributed by atoms with Gasteiger partial charge in [-0.25, -0.2) is 4.79 Å². The largest absolute Gasteiger partial charge is 0.478 e. The number of carboxylic acids is 1. The fraction of sp³-hybridized carbons (Fsp3) is 0.389. The van der Waals surface area contributed by atoms with Gasteiger partial charge < -0.3 is 10.4 Å². The zero-order valence-electron chi connectivity index (χ0n) is 14.7. The predicted molar refractivity (Wildman–Crippen MR) is 92.3 cm³/mol. The summed E-state index contributed by atoms with van der Waals surface area (Å²) in [5, 5.41) is 16.3. The second-order valence-electron chi connectivity index (χ2n) is 6.20. The molecule has 0 unspecified atom stereocenters. The number of carbonyl (C=O) groups excluding carboxylic acids is 1. The Kier molecular flexibility index (Phi) is 5.07. The SMILES string of the molecule is Cc1cc(NC(=O)[C@H](C)Cc2c(C)nn(C)c2C)ccc1C(=O)O. The third-order valence-electron chi connectivity index (χ3n) is 4.34. The van der Waals surface area contributed by atoms with Gasteiger partial charge in [-0.3, -0.25) is 9.48 Å². The lowest BCUT2D eigenvalue weighted by Gasteiger charge is -2.13. The van der Waals surface area contributed by atoms with Crippen molar-refractivity contribution in [3.63, 3.8) is 0 Å². The molecule has 0 fully saturated rings. The zero-order valence-corrected chi connectivity index (χ0v) is 14.7. The Morgan fingerprint density at radius 1 is 1.29 bits per heavy atom. The van der Waals surface area contributed by atoms with Gasteiger partial charge in [0.15, 0.2) is 0 Å². The van der Waals surface area contributed by atoms with E-state index in [0.717, 1.165) is 17.0 Å². The van der Waals surface area contributed by atoms with Crippen LogP contribution in [0.5, 0.6) is 0 Å². The average molecular weight is 329 g/mol. The molecule has 2 aromatic rings. The highest BCUT2D eigenvalue weighted by molar-refractivity contribution is 5.94. The number of amides is 1. The molecule has 24 heavy (non-hydrogen) atoms. The van der Waals surface area contributed by atoms with Crippen LogP contribution in [0.4, 0.5) is 5.69 Å². The molecule has 6 heteroatoms. The van der Waals surface area contributed by atoms with Crippen LogP contribution in [0.25, 0.3) is 0 Å². The fourth-order valence-corrected chi connectivity index (χ4v) is 2.76. The maximum atomic E-state index is 12.4. The van der Waals surface area contributed by atoms with E-state index in [2.05, 4.69) is 10.4 Å². The second kappa shape index (κ2) is 6.86. The molecular formula is C18H23N3O3. The van der Waals surface area contributed by atoms with Gasteiger partial charge in [-0.05, 0) is 56.5 Å². The lowest BCUT2D eigenvalue weighted by atomic mass is 9.98. The molecule has 0 saturated carbocycles. The molecule has 128 valence electrons. The monoisotopic (exact) mass is 329 g/mol. The van der Waals surface area contributed by atoms with Crippen LogP contribution in [0.15, 0.2) is 18.2 Å². The maximum Gasteiger partial charge on any atom is 0.335 e. The highest BCUT2D eigenvalue weighted by atomic mass is 16.4. The summed E-state index contributed by atoms with van der Waals surface area (Å²) < 4.78 is 1.82. The minimum absolute atomic E-state index is 0.0971. The molecule has 0 aliphatic carbocycles. The molecular weight excluding hydrogens is 306 g/mol. The second-order valence-corrected chi connectivity index (χ2v) is 6.20. The van der Waals surface area contributed by atoms with Gasteiger partial charge in [-0.2, -0.15) is 5.10 Å². The number of anilines is 1. The zero-order chi connectivity index (χ0) is 18.0. The molecule has 0 saturated heterocycles. The van der Waals surface area contributed by atoms with Crippen molar-refractivity contribution in [1.29, 1.82) is 0 Å². The van der Waals surface area contributed by atoms with Crippen LogP contribution in [0.2, 0.25) is 0 Å². The summed E-state index contributed by atoms with van der Waals surface area (Å²) in [5.74, 6) is -1.28. The molecule has 1 amide bonds. The fourth-order valence-electron chi connectivity index (χ4n) is 2.76. The van der Waals surface area contributed by atoms with E-state index in [1.807, 2.05) is 32.5 Å². The summed E-state index contributed by atoms with van der Waals surface area (Å²) in [4.78, 5) is 23.5. The first kappa shape index (κ1) is 17.7. The van der Waals surface area contributed by atoms with Crippen LogP contribution >= 0.6 is 0 Å². The van der Waals surface area contributed by atoms with Crippen molar-refractivity contribution in [3.8, 4) is 0 Å². The predicted octanol–water partition coefficient (Wildman–Crippen LogP) is 2.86. The van der Waals surface area contributed by atoms with Gasteiger partial charge in [0.1, 0.15) is 0 Å². The molecule has 0 aliphatic heterocycles. The van der Waals surface area contributed by atoms with Gasteiger partial charge in [0.05, 0.1) is 11.3 Å². The van der Waals surface area contributed by atoms with E-state index in [4.69, 9.17) is 5.11 Å². The number of rotatable bonds is 5. The number of carbonyl (C=O) groups is 2. The number of hydrogen-bond acceptors (Lipinski definition) is 3. The Balaban J connectivity index is 2.09. The number of hydrogen-bond donors (Lipinski definition) is 2. The first-order valence-electron chi connectivity index (χ1n) is 7.84. The van der Waals surface area contributed by atoms with Crippen molar-refractivity contribution >= 4 is 17.6 Å². The number of benzene rings is 1. The Hall–Kier alpha value is -2.63. The first-order chi connectivity index (χ1) is 11.2. The maximum absolute atomic E-state index is 12.4. The third-order valence-corrected chi connectivity index (χ3v) is 4.34. The third kappa shape index (κ3) is 3.64. The van der Waals surface area contributed by atoms with Crippen LogP contribution < -0.4 is 5.32 Å². The molecule has 1 aromatic carbocycles. The lowest BCUT2D eigenvalue weighted by molar-refractivity contribution is -0.119. The van der Waals surface area contributed by atoms with Gasteiger partial charge in [0.25, 0.3) is 0 Å². The van der Waals surface area contributed by atoms with E-state index >= 15 is 0 Å². The summed E-state index contributed by atoms with van der Waals surface area (Å²) in [6.07, 6.45) is 0.615. The number of aromatic nitrogens is 2. The molecule has 1 heterocycles. The Morgan fingerprint density at radius 2 is 1.96 bits per heavy atom. The van der Waals surface area contributed by atoms with E-state index < -0.39 is 5.97 Å². The molecule has 2 N–H and O–H groups in total. The molecule has 0 spiro atoms. The average Bonchev–Trinajstić information content (AvgIpc) is 2.73. The minimum atomic E-state index is -0.971. The van der Waals surface area contributed by atoms with Crippen LogP contribution in [0, 0.1) is 26.7 Å². The van der Waals surface area contributed by atoms with E-state index in [1.54, 1.807) is 19.1 Å². The molecule has 1 aromatic heterocycles. The van der Waals surface area contributed by atoms with Crippen LogP contribution in [0.3, 0.4) is 0 Å². The molecule has 1 atom stereocenters. The topological polar surface area (TPSA) is 84.2 Å². The van der Waals surface area contributed by atoms with Crippen LogP contribution in [-0.2, 0) is 18.3 Å². The van der Waals surface area contributed by atoms with E-state index in [-0.39, 0.29) is 17.4 Å². The molecule has 2 rings (SSSR count). The number of nitrogens with one attached hydrogen (secondary N) is 1. The molecule has 0 radical (unpaired) electrons. The highest BCUT2D eigenvalue weighted by Gasteiger charge is 2.19. The summed E-state index contributed by atoms with van der Waals surface area (Å²) in [5.41, 5.74) is 4.56. The van der Waals surface area contributed by atoms with Crippen molar-refractivity contribution in [2.24, 2.45) is 13.0 Å². The highest BCUT2D eigenvalue weighted by Crippen LogP contribution is 2.20. The molecule has 0 aliphatic rings. The van der Waals surface area contributed by atoms with Crippen molar-refractivity contribution in [3.05, 3.63) is 46.3 Å². The van der Waals surface area contributed by atoms with Crippen molar-refractivity contribution < 1.29 is 14.7 Å². The van der Waals surface area contributed by atoms with Crippen LogP contribution in [-0.4, -0.2) is 26.8 Å². The van der Waals surface area contributed by atoms with Crippen molar-refractivity contribution in [1.82, 2.24) is 9.78 Å². The number of aryl methyl sites for hydroxylation is 3. The Labute approximate surface area is 141 Å². The minimum Gasteiger partial charge on any atom is -0.478 e. The van der Waals surface area contributed by atoms with E-state index in [9.17, 15) is 9.59 Å². The first-order valence-corrected chi connectivity index (χ1v) is 7.84. The standard InChI is InChI=1S/C18H23N3O3/c1-10-8-14(6-7-15(10)18(23)24)19-17(22)11(2)9-16-12(3)20-21(5)13(16)4/h6-8,11H,9H2,1-5H3,(H,19,22)(H,23,24)/t11-/m1/s1. The molecule has 6 nitrogen and oxygen atoms in total. The van der Waals surface area contributed by atoms with Gasteiger partial charge in [-0.15, -0.1) is 0 Å².